The predicted octanol–water partition coefficient (Wildman–Crippen LogP) is 2.18. The molecule has 1 aromatic rings. The van der Waals surface area contributed by atoms with Gasteiger partial charge in [-0.25, -0.2) is 4.39 Å². The molecule has 3 heterocycles. The van der Waals surface area contributed by atoms with Crippen LogP contribution in [0.1, 0.15) is 46.5 Å². The topological polar surface area (TPSA) is 82.2 Å². The van der Waals surface area contributed by atoms with Gasteiger partial charge in [-0.2, -0.15) is 0 Å². The minimum absolute atomic E-state index is 0.0922. The summed E-state index contributed by atoms with van der Waals surface area (Å²) in [6.45, 7) is 9.84. The fraction of sp³-hybridized carbons (Fsp3) is 0.654. The van der Waals surface area contributed by atoms with Crippen molar-refractivity contribution in [2.45, 2.75) is 64.6 Å². The number of hydrogen-bond acceptors (Lipinski definition) is 6. The van der Waals surface area contributed by atoms with Crippen LogP contribution in [-0.2, 0) is 19.1 Å². The van der Waals surface area contributed by atoms with Crippen LogP contribution in [0.25, 0.3) is 0 Å². The number of hydrogen-bond donors (Lipinski definition) is 1. The molecule has 192 valence electrons. The zero-order valence-corrected chi connectivity index (χ0v) is 21.0. The normalized spacial score (nSPS) is 25.4. The SMILES string of the molecule is CC(=O)NC(C)C(=O)N1CCC2(CC1)C[C@H](CCN1CCN(c3ccc(F)cc3)C[C@@H]1C)OC2=O. The number of ether oxygens (including phenoxy) is 1. The molecule has 0 saturated carbocycles. The number of anilines is 1. The number of cyclic esters (lactones) is 1. The molecule has 0 aromatic heterocycles. The van der Waals surface area contributed by atoms with E-state index in [4.69, 9.17) is 4.74 Å². The first kappa shape index (κ1) is 25.4. The maximum Gasteiger partial charge on any atom is 0.312 e. The Bertz CT molecular complexity index is 932. The number of esters is 1. The van der Waals surface area contributed by atoms with Gasteiger partial charge in [0.2, 0.25) is 11.8 Å². The quantitative estimate of drug-likeness (QED) is 0.618. The minimum Gasteiger partial charge on any atom is -0.462 e. The van der Waals surface area contributed by atoms with Crippen LogP contribution in [-0.4, -0.2) is 85.0 Å². The van der Waals surface area contributed by atoms with Crippen LogP contribution >= 0.6 is 0 Å². The lowest BCUT2D eigenvalue weighted by molar-refractivity contribution is -0.153. The van der Waals surface area contributed by atoms with Crippen molar-refractivity contribution in [3.05, 3.63) is 30.1 Å². The maximum absolute atomic E-state index is 13.2. The van der Waals surface area contributed by atoms with E-state index in [0.717, 1.165) is 38.3 Å². The number of carbonyl (C=O) groups excluding carboxylic acids is 3. The summed E-state index contributed by atoms with van der Waals surface area (Å²) < 4.78 is 19.0. The Hall–Kier alpha value is -2.68. The summed E-state index contributed by atoms with van der Waals surface area (Å²) >= 11 is 0. The van der Waals surface area contributed by atoms with Gasteiger partial charge in [0.15, 0.2) is 0 Å². The number of amides is 2. The van der Waals surface area contributed by atoms with Gasteiger partial charge < -0.3 is 19.9 Å². The zero-order valence-electron chi connectivity index (χ0n) is 21.0. The average molecular weight is 489 g/mol. The second-order valence-electron chi connectivity index (χ2n) is 10.4. The molecule has 0 radical (unpaired) electrons. The van der Waals surface area contributed by atoms with Crippen molar-refractivity contribution in [3.8, 4) is 0 Å². The highest BCUT2D eigenvalue weighted by atomic mass is 19.1. The van der Waals surface area contributed by atoms with Gasteiger partial charge in [-0.05, 0) is 57.4 Å². The standard InChI is InChI=1S/C26H37FN4O4/c1-18-17-31(22-6-4-21(27)5-7-22)15-14-29(18)11-8-23-16-26(25(34)35-23)9-12-30(13-10-26)24(33)19(2)28-20(3)32/h4-7,18-19,23H,8-17H2,1-3H3,(H,28,32)/t18-,19?,23-/m0/s1. The van der Waals surface area contributed by atoms with Gasteiger partial charge in [0.25, 0.3) is 0 Å². The maximum atomic E-state index is 13.2. The van der Waals surface area contributed by atoms with Gasteiger partial charge in [0.1, 0.15) is 18.0 Å². The number of piperazine rings is 1. The Kier molecular flexibility index (Phi) is 7.64. The number of rotatable bonds is 6. The van der Waals surface area contributed by atoms with Crippen molar-refractivity contribution < 1.29 is 23.5 Å². The Morgan fingerprint density at radius 2 is 1.86 bits per heavy atom. The largest absolute Gasteiger partial charge is 0.462 e. The summed E-state index contributed by atoms with van der Waals surface area (Å²) in [5, 5.41) is 2.64. The van der Waals surface area contributed by atoms with Crippen LogP contribution in [0.4, 0.5) is 10.1 Å². The monoisotopic (exact) mass is 488 g/mol. The highest BCUT2D eigenvalue weighted by Gasteiger charge is 2.51. The summed E-state index contributed by atoms with van der Waals surface area (Å²) in [6, 6.07) is 6.44. The third kappa shape index (κ3) is 5.77. The summed E-state index contributed by atoms with van der Waals surface area (Å²) in [5.41, 5.74) is 0.548. The molecule has 0 bridgehead atoms. The van der Waals surface area contributed by atoms with Gasteiger partial charge in [-0.15, -0.1) is 0 Å². The zero-order chi connectivity index (χ0) is 25.2. The molecule has 8 nitrogen and oxygen atoms in total. The number of nitrogens with one attached hydrogen (secondary N) is 1. The molecule has 0 aliphatic carbocycles. The molecule has 35 heavy (non-hydrogen) atoms. The molecular weight excluding hydrogens is 451 g/mol. The van der Waals surface area contributed by atoms with E-state index in [9.17, 15) is 18.8 Å². The smallest absolute Gasteiger partial charge is 0.312 e. The van der Waals surface area contributed by atoms with Crippen LogP contribution < -0.4 is 10.2 Å². The van der Waals surface area contributed by atoms with Gasteiger partial charge in [0, 0.05) is 64.3 Å². The van der Waals surface area contributed by atoms with E-state index in [1.54, 1.807) is 11.8 Å². The number of benzene rings is 1. The van der Waals surface area contributed by atoms with Crippen LogP contribution in [0.3, 0.4) is 0 Å². The van der Waals surface area contributed by atoms with Gasteiger partial charge in [-0.3, -0.25) is 19.3 Å². The van der Waals surface area contributed by atoms with Crippen molar-refractivity contribution in [2.24, 2.45) is 5.41 Å². The third-order valence-electron chi connectivity index (χ3n) is 7.84. The Morgan fingerprint density at radius 3 is 2.49 bits per heavy atom. The van der Waals surface area contributed by atoms with E-state index >= 15 is 0 Å². The van der Waals surface area contributed by atoms with Crippen molar-refractivity contribution in [3.63, 3.8) is 0 Å². The van der Waals surface area contributed by atoms with Crippen LogP contribution in [0.2, 0.25) is 0 Å². The molecule has 3 aliphatic heterocycles. The Balaban J connectivity index is 1.24. The van der Waals surface area contributed by atoms with Crippen LogP contribution in [0, 0.1) is 11.2 Å². The molecule has 3 aliphatic rings. The Morgan fingerprint density at radius 1 is 1.17 bits per heavy atom. The van der Waals surface area contributed by atoms with Crippen molar-refractivity contribution >= 4 is 23.5 Å². The molecule has 1 aromatic carbocycles. The molecule has 1 N–H and O–H groups in total. The summed E-state index contributed by atoms with van der Waals surface area (Å²) in [7, 11) is 0. The highest BCUT2D eigenvalue weighted by Crippen LogP contribution is 2.44. The van der Waals surface area contributed by atoms with Crippen LogP contribution in [0.15, 0.2) is 24.3 Å². The average Bonchev–Trinajstić information content (AvgIpc) is 3.12. The lowest BCUT2D eigenvalue weighted by Gasteiger charge is -2.41. The third-order valence-corrected chi connectivity index (χ3v) is 7.84. The molecule has 1 spiro atoms. The molecule has 3 fully saturated rings. The van der Waals surface area contributed by atoms with Crippen molar-refractivity contribution in [1.82, 2.24) is 15.1 Å². The lowest BCUT2D eigenvalue weighted by Crippen LogP contribution is -2.52. The number of nitrogens with zero attached hydrogens (tertiary/aromatic N) is 3. The van der Waals surface area contributed by atoms with E-state index in [0.29, 0.717) is 38.4 Å². The van der Waals surface area contributed by atoms with E-state index in [-0.39, 0.29) is 29.7 Å². The van der Waals surface area contributed by atoms with E-state index in [2.05, 4.69) is 22.0 Å². The lowest BCUT2D eigenvalue weighted by atomic mass is 9.75. The molecule has 3 saturated heterocycles. The second kappa shape index (κ2) is 10.5. The first-order valence-corrected chi connectivity index (χ1v) is 12.7. The van der Waals surface area contributed by atoms with Crippen molar-refractivity contribution in [1.29, 1.82) is 0 Å². The highest BCUT2D eigenvalue weighted by molar-refractivity contribution is 5.87. The summed E-state index contributed by atoms with van der Waals surface area (Å²) in [5.74, 6) is -0.681. The Labute approximate surface area is 206 Å². The fourth-order valence-corrected chi connectivity index (χ4v) is 5.73. The van der Waals surface area contributed by atoms with E-state index < -0.39 is 11.5 Å². The van der Waals surface area contributed by atoms with E-state index in [1.807, 2.05) is 12.1 Å². The fourth-order valence-electron chi connectivity index (χ4n) is 5.73. The molecular formula is C26H37FN4O4. The number of halogens is 1. The summed E-state index contributed by atoms with van der Waals surface area (Å²) in [6.07, 6.45) is 2.63. The number of likely N-dealkylation sites (tertiary alicyclic amines) is 1. The molecule has 2 amide bonds. The first-order chi connectivity index (χ1) is 16.7. The first-order valence-electron chi connectivity index (χ1n) is 12.7. The number of piperidine rings is 1. The molecule has 4 rings (SSSR count). The minimum atomic E-state index is -0.560. The van der Waals surface area contributed by atoms with Gasteiger partial charge >= 0.3 is 5.97 Å². The summed E-state index contributed by atoms with van der Waals surface area (Å²) in [4.78, 5) is 43.1. The van der Waals surface area contributed by atoms with Gasteiger partial charge in [0.05, 0.1) is 5.41 Å². The predicted molar refractivity (Wildman–Crippen MR) is 130 cm³/mol. The second-order valence-corrected chi connectivity index (χ2v) is 10.4. The molecule has 1 unspecified atom stereocenters. The van der Waals surface area contributed by atoms with Crippen LogP contribution in [0.5, 0.6) is 0 Å². The molecule has 3 atom stereocenters. The van der Waals surface area contributed by atoms with E-state index in [1.165, 1.54) is 19.1 Å². The van der Waals surface area contributed by atoms with Crippen molar-refractivity contribution in [2.75, 3.05) is 44.2 Å². The number of carbonyl (C=O) groups is 3. The molecule has 9 heteroatoms. The van der Waals surface area contributed by atoms with Gasteiger partial charge in [-0.1, -0.05) is 0 Å².